The zero-order valence-corrected chi connectivity index (χ0v) is 20.8. The molecule has 0 saturated heterocycles. The summed E-state index contributed by atoms with van der Waals surface area (Å²) in [6, 6.07) is 12.1. The SMILES string of the molecule is CC(C)[C@@H](COc1cnc(-c2ccc(Cl)cc2Cl)nc1)Nc1ccc(C(=O)NCCC(=O)O)cc1. The number of benzene rings is 2. The van der Waals surface area contributed by atoms with Gasteiger partial charge in [-0.2, -0.15) is 0 Å². The molecule has 0 fully saturated rings. The fourth-order valence-corrected chi connectivity index (χ4v) is 3.60. The Labute approximate surface area is 213 Å². The van der Waals surface area contributed by atoms with Crippen LogP contribution in [0.25, 0.3) is 11.4 Å². The highest BCUT2D eigenvalue weighted by Crippen LogP contribution is 2.28. The van der Waals surface area contributed by atoms with Gasteiger partial charge in [0.2, 0.25) is 0 Å². The zero-order chi connectivity index (χ0) is 25.4. The maximum Gasteiger partial charge on any atom is 0.305 e. The van der Waals surface area contributed by atoms with E-state index in [1.807, 2.05) is 0 Å². The molecule has 1 amide bonds. The van der Waals surface area contributed by atoms with Crippen molar-refractivity contribution < 1.29 is 19.4 Å². The number of carboxylic acid groups (broad SMARTS) is 1. The molecule has 0 saturated carbocycles. The van der Waals surface area contributed by atoms with Gasteiger partial charge in [-0.05, 0) is 48.4 Å². The Balaban J connectivity index is 1.56. The summed E-state index contributed by atoms with van der Waals surface area (Å²) in [6.07, 6.45) is 3.08. The van der Waals surface area contributed by atoms with Crippen molar-refractivity contribution in [1.82, 2.24) is 15.3 Å². The Morgan fingerprint density at radius 3 is 2.34 bits per heavy atom. The Morgan fingerprint density at radius 2 is 1.74 bits per heavy atom. The van der Waals surface area contributed by atoms with Crippen molar-refractivity contribution in [3.05, 3.63) is 70.5 Å². The van der Waals surface area contributed by atoms with E-state index >= 15 is 0 Å². The normalized spacial score (nSPS) is 11.7. The number of nitrogens with one attached hydrogen (secondary N) is 2. The lowest BCUT2D eigenvalue weighted by Gasteiger charge is -2.24. The summed E-state index contributed by atoms with van der Waals surface area (Å²) in [5, 5.41) is 15.7. The van der Waals surface area contributed by atoms with Gasteiger partial charge >= 0.3 is 5.97 Å². The molecule has 0 aliphatic rings. The van der Waals surface area contributed by atoms with Crippen LogP contribution in [-0.4, -0.2) is 46.1 Å². The number of hydrogen-bond acceptors (Lipinski definition) is 6. The minimum Gasteiger partial charge on any atom is -0.488 e. The summed E-state index contributed by atoms with van der Waals surface area (Å²) in [4.78, 5) is 31.4. The first-order valence-corrected chi connectivity index (χ1v) is 11.8. The number of anilines is 1. The molecule has 1 atom stereocenters. The first-order chi connectivity index (χ1) is 16.7. The van der Waals surface area contributed by atoms with Gasteiger partial charge in [0.25, 0.3) is 5.91 Å². The largest absolute Gasteiger partial charge is 0.488 e. The van der Waals surface area contributed by atoms with Crippen molar-refractivity contribution in [3.8, 4) is 17.1 Å². The van der Waals surface area contributed by atoms with E-state index in [0.717, 1.165) is 5.69 Å². The number of amides is 1. The highest BCUT2D eigenvalue weighted by Gasteiger charge is 2.16. The van der Waals surface area contributed by atoms with E-state index in [2.05, 4.69) is 34.4 Å². The summed E-state index contributed by atoms with van der Waals surface area (Å²) in [7, 11) is 0. The molecule has 8 nitrogen and oxygen atoms in total. The van der Waals surface area contributed by atoms with Gasteiger partial charge in [0.05, 0.1) is 29.9 Å². The first-order valence-electron chi connectivity index (χ1n) is 11.0. The van der Waals surface area contributed by atoms with Crippen LogP contribution in [-0.2, 0) is 4.79 Å². The molecular weight excluding hydrogens is 491 g/mol. The van der Waals surface area contributed by atoms with E-state index in [1.54, 1.807) is 54.9 Å². The summed E-state index contributed by atoms with van der Waals surface area (Å²) >= 11 is 12.2. The van der Waals surface area contributed by atoms with Gasteiger partial charge in [0.1, 0.15) is 6.61 Å². The van der Waals surface area contributed by atoms with Crippen LogP contribution in [0.1, 0.15) is 30.6 Å². The zero-order valence-electron chi connectivity index (χ0n) is 19.3. The summed E-state index contributed by atoms with van der Waals surface area (Å²) in [5.41, 5.74) is 1.97. The number of carboxylic acids is 1. The molecule has 1 aromatic heterocycles. The molecule has 3 aromatic rings. The lowest BCUT2D eigenvalue weighted by atomic mass is 10.0. The molecule has 0 bridgehead atoms. The van der Waals surface area contributed by atoms with Crippen LogP contribution in [0.2, 0.25) is 10.0 Å². The Morgan fingerprint density at radius 1 is 1.06 bits per heavy atom. The smallest absolute Gasteiger partial charge is 0.305 e. The van der Waals surface area contributed by atoms with Gasteiger partial charge in [-0.25, -0.2) is 9.97 Å². The average Bonchev–Trinajstić information content (AvgIpc) is 2.82. The highest BCUT2D eigenvalue weighted by molar-refractivity contribution is 6.36. The number of hydrogen-bond donors (Lipinski definition) is 3. The predicted molar refractivity (Wildman–Crippen MR) is 136 cm³/mol. The molecule has 0 unspecified atom stereocenters. The Hall–Kier alpha value is -3.36. The van der Waals surface area contributed by atoms with Crippen molar-refractivity contribution in [3.63, 3.8) is 0 Å². The molecule has 35 heavy (non-hydrogen) atoms. The van der Waals surface area contributed by atoms with Gasteiger partial charge in [0.15, 0.2) is 11.6 Å². The summed E-state index contributed by atoms with van der Waals surface area (Å²) < 4.78 is 5.91. The van der Waals surface area contributed by atoms with E-state index in [4.69, 9.17) is 33.0 Å². The number of rotatable bonds is 11. The average molecular weight is 517 g/mol. The second-order valence-corrected chi connectivity index (χ2v) is 8.99. The van der Waals surface area contributed by atoms with E-state index in [9.17, 15) is 9.59 Å². The van der Waals surface area contributed by atoms with Gasteiger partial charge in [-0.1, -0.05) is 37.0 Å². The van der Waals surface area contributed by atoms with Gasteiger partial charge in [-0.15, -0.1) is 0 Å². The molecule has 3 N–H and O–H groups in total. The highest BCUT2D eigenvalue weighted by atomic mass is 35.5. The van der Waals surface area contributed by atoms with Gasteiger partial charge in [0, 0.05) is 28.4 Å². The van der Waals surface area contributed by atoms with Crippen LogP contribution in [0.3, 0.4) is 0 Å². The monoisotopic (exact) mass is 516 g/mol. The molecule has 0 spiro atoms. The van der Waals surface area contributed by atoms with Crippen LogP contribution >= 0.6 is 23.2 Å². The number of halogens is 2. The third-order valence-corrected chi connectivity index (χ3v) is 5.71. The molecule has 0 aliphatic heterocycles. The molecule has 2 aromatic carbocycles. The number of nitrogens with zero attached hydrogens (tertiary/aromatic N) is 2. The van der Waals surface area contributed by atoms with Crippen LogP contribution in [0.15, 0.2) is 54.9 Å². The van der Waals surface area contributed by atoms with E-state index in [-0.39, 0.29) is 30.8 Å². The van der Waals surface area contributed by atoms with Crippen molar-refractivity contribution >= 4 is 40.8 Å². The molecule has 1 heterocycles. The fourth-order valence-electron chi connectivity index (χ4n) is 3.10. The van der Waals surface area contributed by atoms with Crippen molar-refractivity contribution in [2.24, 2.45) is 5.92 Å². The van der Waals surface area contributed by atoms with Crippen LogP contribution < -0.4 is 15.4 Å². The van der Waals surface area contributed by atoms with Crippen molar-refractivity contribution in [2.45, 2.75) is 26.3 Å². The number of aromatic nitrogens is 2. The Bertz CT molecular complexity index is 1160. The van der Waals surface area contributed by atoms with Gasteiger partial charge < -0.3 is 20.5 Å². The summed E-state index contributed by atoms with van der Waals surface area (Å²) in [5.74, 6) is -0.0171. The minimum absolute atomic E-state index is 0.0179. The van der Waals surface area contributed by atoms with Crippen molar-refractivity contribution in [2.75, 3.05) is 18.5 Å². The minimum atomic E-state index is -0.958. The molecule has 0 aliphatic carbocycles. The predicted octanol–water partition coefficient (Wildman–Crippen LogP) is 5.17. The molecule has 184 valence electrons. The third kappa shape index (κ3) is 7.83. The van der Waals surface area contributed by atoms with Crippen LogP contribution in [0.4, 0.5) is 5.69 Å². The quantitative estimate of drug-likeness (QED) is 0.322. The maximum atomic E-state index is 12.1. The third-order valence-electron chi connectivity index (χ3n) is 5.16. The maximum absolute atomic E-state index is 12.1. The molecule has 10 heteroatoms. The van der Waals surface area contributed by atoms with Crippen LogP contribution in [0.5, 0.6) is 5.75 Å². The number of aliphatic carboxylic acids is 1. The molecular formula is C25H26Cl2N4O4. The van der Waals surface area contributed by atoms with E-state index in [0.29, 0.717) is 39.4 Å². The molecule has 0 radical (unpaired) electrons. The Kier molecular flexibility index (Phi) is 9.28. The fraction of sp³-hybridized carbons (Fsp3) is 0.280. The van der Waals surface area contributed by atoms with Crippen molar-refractivity contribution in [1.29, 1.82) is 0 Å². The second-order valence-electron chi connectivity index (χ2n) is 8.15. The standard InChI is InChI=1S/C25H26Cl2N4O4/c1-15(2)22(31-18-6-3-16(4-7-18)25(34)28-10-9-23(32)33)14-35-19-12-29-24(30-13-19)20-8-5-17(26)11-21(20)27/h3-8,11-13,15,22,31H,9-10,14H2,1-2H3,(H,28,34)(H,32,33)/t22-/m1/s1. The lowest BCUT2D eigenvalue weighted by Crippen LogP contribution is -2.32. The summed E-state index contributed by atoms with van der Waals surface area (Å²) in [6.45, 7) is 4.61. The first kappa shape index (κ1) is 26.2. The lowest BCUT2D eigenvalue weighted by molar-refractivity contribution is -0.136. The number of ether oxygens (including phenoxy) is 1. The number of carbonyl (C=O) groups is 2. The second kappa shape index (κ2) is 12.4. The molecule has 3 rings (SSSR count). The van der Waals surface area contributed by atoms with Gasteiger partial charge in [-0.3, -0.25) is 9.59 Å². The van der Waals surface area contributed by atoms with Crippen LogP contribution in [0, 0.1) is 5.92 Å². The van der Waals surface area contributed by atoms with E-state index in [1.165, 1.54) is 0 Å². The topological polar surface area (TPSA) is 113 Å². The number of carbonyl (C=O) groups excluding carboxylic acids is 1. The van der Waals surface area contributed by atoms with E-state index < -0.39 is 5.97 Å².